The molecule has 0 atom stereocenters. The fourth-order valence-corrected chi connectivity index (χ4v) is 3.56. The third kappa shape index (κ3) is 3.94. The largest absolute Gasteiger partial charge is 0.493 e. The molecule has 0 N–H and O–H groups in total. The average Bonchev–Trinajstić information content (AvgIpc) is 3.24. The number of rotatable bonds is 5. The minimum Gasteiger partial charge on any atom is -0.493 e. The van der Waals surface area contributed by atoms with E-state index in [0.717, 1.165) is 24.3 Å². The number of carbonyl (C=O) groups is 1. The molecule has 3 aromatic rings. The van der Waals surface area contributed by atoms with Crippen molar-refractivity contribution in [1.29, 1.82) is 0 Å². The molecule has 1 amide bonds. The number of hydrogen-bond donors (Lipinski definition) is 0. The summed E-state index contributed by atoms with van der Waals surface area (Å²) in [6.07, 6.45) is 0. The van der Waals surface area contributed by atoms with Gasteiger partial charge in [0, 0.05) is 49.9 Å². The van der Waals surface area contributed by atoms with Crippen molar-refractivity contribution < 1.29 is 18.8 Å². The van der Waals surface area contributed by atoms with Crippen molar-refractivity contribution in [2.45, 2.75) is 6.92 Å². The predicted octanol–water partition coefficient (Wildman–Crippen LogP) is 3.02. The molecule has 0 spiro atoms. The monoisotopic (exact) mass is 408 g/mol. The maximum Gasteiger partial charge on any atom is 0.254 e. The van der Waals surface area contributed by atoms with E-state index in [2.05, 4.69) is 15.0 Å². The van der Waals surface area contributed by atoms with Crippen molar-refractivity contribution in [1.82, 2.24) is 15.0 Å². The van der Waals surface area contributed by atoms with Crippen LogP contribution in [0.3, 0.4) is 0 Å². The maximum absolute atomic E-state index is 12.9. The van der Waals surface area contributed by atoms with Gasteiger partial charge in [0.2, 0.25) is 11.7 Å². The first-order valence-corrected chi connectivity index (χ1v) is 9.76. The Balaban J connectivity index is 1.39. The van der Waals surface area contributed by atoms with Crippen molar-refractivity contribution in [2.75, 3.05) is 45.3 Å². The van der Waals surface area contributed by atoms with Gasteiger partial charge < -0.3 is 23.8 Å². The lowest BCUT2D eigenvalue weighted by atomic mass is 10.1. The number of carbonyl (C=O) groups excluding carboxylic acids is 1. The van der Waals surface area contributed by atoms with Gasteiger partial charge in [-0.2, -0.15) is 4.98 Å². The highest BCUT2D eigenvalue weighted by Crippen LogP contribution is 2.28. The molecule has 8 heteroatoms. The number of anilines is 1. The molecule has 0 radical (unpaired) electrons. The molecule has 1 aliphatic heterocycles. The zero-order chi connectivity index (χ0) is 21.1. The van der Waals surface area contributed by atoms with E-state index in [4.69, 9.17) is 14.0 Å². The van der Waals surface area contributed by atoms with Crippen molar-refractivity contribution >= 4 is 11.6 Å². The fraction of sp³-hybridized carbons (Fsp3) is 0.318. The van der Waals surface area contributed by atoms with Crippen LogP contribution in [0.25, 0.3) is 11.4 Å². The molecule has 2 aromatic carbocycles. The third-order valence-electron chi connectivity index (χ3n) is 5.22. The van der Waals surface area contributed by atoms with E-state index in [0.29, 0.717) is 41.9 Å². The number of benzene rings is 2. The first-order valence-electron chi connectivity index (χ1n) is 9.76. The first kappa shape index (κ1) is 19.8. The first-order chi connectivity index (χ1) is 14.6. The number of amides is 1. The summed E-state index contributed by atoms with van der Waals surface area (Å²) in [6.45, 7) is 4.60. The van der Waals surface area contributed by atoms with Gasteiger partial charge in [-0.1, -0.05) is 5.16 Å². The predicted molar refractivity (Wildman–Crippen MR) is 112 cm³/mol. The lowest BCUT2D eigenvalue weighted by Gasteiger charge is -2.36. The lowest BCUT2D eigenvalue weighted by Crippen LogP contribution is -2.48. The minimum absolute atomic E-state index is 0.00146. The van der Waals surface area contributed by atoms with Gasteiger partial charge in [0.15, 0.2) is 11.5 Å². The Kier molecular flexibility index (Phi) is 5.56. The summed E-state index contributed by atoms with van der Waals surface area (Å²) in [5, 5.41) is 3.95. The quantitative estimate of drug-likeness (QED) is 0.642. The van der Waals surface area contributed by atoms with Crippen LogP contribution in [0, 0.1) is 6.92 Å². The molecule has 4 rings (SSSR count). The highest BCUT2D eigenvalue weighted by Gasteiger charge is 2.23. The Labute approximate surface area is 175 Å². The number of methoxy groups -OCH3 is 2. The van der Waals surface area contributed by atoms with E-state index in [1.54, 1.807) is 39.3 Å². The molecule has 0 saturated carbocycles. The molecule has 156 valence electrons. The van der Waals surface area contributed by atoms with Crippen LogP contribution in [0.2, 0.25) is 0 Å². The lowest BCUT2D eigenvalue weighted by molar-refractivity contribution is 0.0746. The molecule has 0 aliphatic carbocycles. The smallest absolute Gasteiger partial charge is 0.254 e. The van der Waals surface area contributed by atoms with Gasteiger partial charge in [0.1, 0.15) is 0 Å². The van der Waals surface area contributed by atoms with Crippen molar-refractivity contribution in [2.24, 2.45) is 0 Å². The zero-order valence-corrected chi connectivity index (χ0v) is 17.3. The molecule has 30 heavy (non-hydrogen) atoms. The van der Waals surface area contributed by atoms with E-state index in [-0.39, 0.29) is 5.91 Å². The topological polar surface area (TPSA) is 80.9 Å². The summed E-state index contributed by atoms with van der Waals surface area (Å²) < 4.78 is 15.6. The second-order valence-corrected chi connectivity index (χ2v) is 7.03. The number of aromatic nitrogens is 2. The zero-order valence-electron chi connectivity index (χ0n) is 17.3. The van der Waals surface area contributed by atoms with E-state index < -0.39 is 0 Å². The average molecular weight is 408 g/mol. The van der Waals surface area contributed by atoms with Crippen molar-refractivity contribution in [3.05, 3.63) is 53.9 Å². The summed E-state index contributed by atoms with van der Waals surface area (Å²) in [4.78, 5) is 21.3. The van der Waals surface area contributed by atoms with Gasteiger partial charge in [-0.3, -0.25) is 4.79 Å². The van der Waals surface area contributed by atoms with Gasteiger partial charge in [-0.15, -0.1) is 0 Å². The second-order valence-electron chi connectivity index (χ2n) is 7.03. The molecular weight excluding hydrogens is 384 g/mol. The van der Waals surface area contributed by atoms with E-state index in [1.165, 1.54) is 0 Å². The normalized spacial score (nSPS) is 14.0. The Morgan fingerprint density at radius 2 is 1.67 bits per heavy atom. The standard InChI is InChI=1S/C22H24N4O4/c1-15-23-21(24-30-15)16-4-7-18(8-5-16)25-10-12-26(13-11-25)22(27)17-6-9-19(28-2)20(14-17)29-3/h4-9,14H,10-13H2,1-3H3. The molecule has 1 fully saturated rings. The van der Waals surface area contributed by atoms with Crippen molar-refractivity contribution in [3.63, 3.8) is 0 Å². The van der Waals surface area contributed by atoms with E-state index in [9.17, 15) is 4.79 Å². The maximum atomic E-state index is 12.9. The second kappa shape index (κ2) is 8.44. The van der Waals surface area contributed by atoms with Crippen LogP contribution in [0.4, 0.5) is 5.69 Å². The Morgan fingerprint density at radius 3 is 2.27 bits per heavy atom. The Bertz CT molecular complexity index is 1020. The molecule has 0 bridgehead atoms. The summed E-state index contributed by atoms with van der Waals surface area (Å²) in [5.41, 5.74) is 2.62. The number of ether oxygens (including phenoxy) is 2. The summed E-state index contributed by atoms with van der Waals surface area (Å²) in [5.74, 6) is 2.30. The van der Waals surface area contributed by atoms with Crippen LogP contribution in [-0.4, -0.2) is 61.3 Å². The summed E-state index contributed by atoms with van der Waals surface area (Å²) in [6, 6.07) is 13.3. The van der Waals surface area contributed by atoms with Gasteiger partial charge in [0.25, 0.3) is 5.91 Å². The Morgan fingerprint density at radius 1 is 0.967 bits per heavy atom. The minimum atomic E-state index is -0.00146. The molecule has 1 saturated heterocycles. The molecule has 1 aliphatic rings. The summed E-state index contributed by atoms with van der Waals surface area (Å²) >= 11 is 0. The molecule has 0 unspecified atom stereocenters. The number of hydrogen-bond acceptors (Lipinski definition) is 7. The molecule has 8 nitrogen and oxygen atoms in total. The summed E-state index contributed by atoms with van der Waals surface area (Å²) in [7, 11) is 3.14. The van der Waals surface area contributed by atoms with E-state index >= 15 is 0 Å². The van der Waals surface area contributed by atoms with Crippen LogP contribution >= 0.6 is 0 Å². The fourth-order valence-electron chi connectivity index (χ4n) is 3.56. The molecule has 1 aromatic heterocycles. The number of nitrogens with zero attached hydrogens (tertiary/aromatic N) is 4. The van der Waals surface area contributed by atoms with Crippen LogP contribution in [-0.2, 0) is 0 Å². The highest BCUT2D eigenvalue weighted by atomic mass is 16.5. The van der Waals surface area contributed by atoms with Crippen molar-refractivity contribution in [3.8, 4) is 22.9 Å². The third-order valence-corrected chi connectivity index (χ3v) is 5.22. The van der Waals surface area contributed by atoms with Gasteiger partial charge in [-0.05, 0) is 42.5 Å². The number of piperazine rings is 1. The Hall–Kier alpha value is -3.55. The van der Waals surface area contributed by atoms with Gasteiger partial charge in [0.05, 0.1) is 14.2 Å². The van der Waals surface area contributed by atoms with Crippen LogP contribution < -0.4 is 14.4 Å². The van der Waals surface area contributed by atoms with E-state index in [1.807, 2.05) is 29.2 Å². The van der Waals surface area contributed by atoms with Gasteiger partial charge >= 0.3 is 0 Å². The van der Waals surface area contributed by atoms with Crippen LogP contribution in [0.5, 0.6) is 11.5 Å². The SMILES string of the molecule is COc1ccc(C(=O)N2CCN(c3ccc(-c4noc(C)n4)cc3)CC2)cc1OC. The van der Waals surface area contributed by atoms with Crippen LogP contribution in [0.15, 0.2) is 47.0 Å². The molecule has 2 heterocycles. The van der Waals surface area contributed by atoms with Gasteiger partial charge in [-0.25, -0.2) is 0 Å². The van der Waals surface area contributed by atoms with Crippen LogP contribution in [0.1, 0.15) is 16.2 Å². The highest BCUT2D eigenvalue weighted by molar-refractivity contribution is 5.95. The number of aryl methyl sites for hydroxylation is 1. The molecular formula is C22H24N4O4.